The zero-order valence-corrected chi connectivity index (χ0v) is 7.14. The fraction of sp³-hybridized carbons (Fsp3) is 0. The van der Waals surface area contributed by atoms with Gasteiger partial charge in [0.05, 0.1) is 0 Å². The summed E-state index contributed by atoms with van der Waals surface area (Å²) in [4.78, 5) is 4.05. The van der Waals surface area contributed by atoms with Crippen LogP contribution in [0.15, 0.2) is 48.8 Å². The van der Waals surface area contributed by atoms with E-state index < -0.39 is 0 Å². The van der Waals surface area contributed by atoms with E-state index in [-0.39, 0.29) is 0 Å². The maximum Gasteiger partial charge on any atom is 0.113 e. The van der Waals surface area contributed by atoms with E-state index in [9.17, 15) is 0 Å². The number of hydrogen-bond acceptors (Lipinski definition) is 1. The molecule has 0 aliphatic rings. The van der Waals surface area contributed by atoms with Crippen molar-refractivity contribution in [1.82, 2.24) is 4.98 Å². The van der Waals surface area contributed by atoms with Gasteiger partial charge in [-0.1, -0.05) is 35.8 Å². The van der Waals surface area contributed by atoms with Gasteiger partial charge in [0.1, 0.15) is 7.85 Å². The molecule has 0 fully saturated rings. The predicted octanol–water partition coefficient (Wildman–Crippen LogP) is 1.54. The van der Waals surface area contributed by atoms with Crippen molar-refractivity contribution in [2.45, 2.75) is 0 Å². The molecule has 0 aliphatic carbocycles. The quantitative estimate of drug-likeness (QED) is 0.584. The first-order valence-electron chi connectivity index (χ1n) is 4.12. The van der Waals surface area contributed by atoms with Crippen LogP contribution in [0.1, 0.15) is 0 Å². The van der Waals surface area contributed by atoms with Crippen molar-refractivity contribution in [3.05, 3.63) is 48.8 Å². The zero-order chi connectivity index (χ0) is 9.10. The number of aromatic nitrogens is 1. The molecule has 0 bridgehead atoms. The molecule has 0 N–H and O–H groups in total. The van der Waals surface area contributed by atoms with Gasteiger partial charge in [-0.15, -0.1) is 0 Å². The first-order valence-corrected chi connectivity index (χ1v) is 4.12. The van der Waals surface area contributed by atoms with E-state index in [0.717, 1.165) is 16.6 Å². The van der Waals surface area contributed by atoms with Gasteiger partial charge in [-0.25, -0.2) is 0 Å². The molecular weight excluding hydrogens is 157 g/mol. The molecule has 1 heterocycles. The summed E-state index contributed by atoms with van der Waals surface area (Å²) in [7, 11) is 5.68. The van der Waals surface area contributed by atoms with Crippen LogP contribution in [0.25, 0.3) is 11.1 Å². The van der Waals surface area contributed by atoms with Gasteiger partial charge in [-0.05, 0) is 17.2 Å². The van der Waals surface area contributed by atoms with Gasteiger partial charge in [0.2, 0.25) is 0 Å². The summed E-state index contributed by atoms with van der Waals surface area (Å²) in [6.45, 7) is 0. The standard InChI is InChI=1S/C11H8BN/c12-11-5-1-3-9(7-11)10-4-2-6-13-8-10/h1-8H. The van der Waals surface area contributed by atoms with Crippen molar-refractivity contribution in [2.75, 3.05) is 0 Å². The number of hydrogen-bond donors (Lipinski definition) is 0. The Hall–Kier alpha value is -1.57. The van der Waals surface area contributed by atoms with Crippen LogP contribution < -0.4 is 5.46 Å². The number of pyridine rings is 1. The van der Waals surface area contributed by atoms with Gasteiger partial charge in [-0.2, -0.15) is 0 Å². The third kappa shape index (κ3) is 1.78. The van der Waals surface area contributed by atoms with E-state index >= 15 is 0 Å². The lowest BCUT2D eigenvalue weighted by molar-refractivity contribution is 1.33. The van der Waals surface area contributed by atoms with Crippen molar-refractivity contribution in [3.63, 3.8) is 0 Å². The average molecular weight is 165 g/mol. The molecule has 0 saturated carbocycles. The highest BCUT2D eigenvalue weighted by atomic mass is 14.6. The van der Waals surface area contributed by atoms with Gasteiger partial charge in [-0.3, -0.25) is 4.98 Å². The summed E-state index contributed by atoms with van der Waals surface area (Å²) < 4.78 is 0. The molecule has 0 unspecified atom stereocenters. The molecule has 0 spiro atoms. The van der Waals surface area contributed by atoms with Crippen LogP contribution in [0, 0.1) is 0 Å². The topological polar surface area (TPSA) is 12.9 Å². The summed E-state index contributed by atoms with van der Waals surface area (Å²) in [6.07, 6.45) is 3.59. The van der Waals surface area contributed by atoms with Crippen molar-refractivity contribution in [3.8, 4) is 11.1 Å². The molecule has 0 aliphatic heterocycles. The van der Waals surface area contributed by atoms with E-state index in [2.05, 4.69) is 4.98 Å². The maximum absolute atomic E-state index is 5.68. The Morgan fingerprint density at radius 3 is 2.54 bits per heavy atom. The lowest BCUT2D eigenvalue weighted by Crippen LogP contribution is -2.00. The number of benzene rings is 1. The van der Waals surface area contributed by atoms with Crippen LogP contribution in [0.5, 0.6) is 0 Å². The van der Waals surface area contributed by atoms with Gasteiger partial charge < -0.3 is 0 Å². The minimum atomic E-state index is 0.779. The van der Waals surface area contributed by atoms with Crippen LogP contribution in [0.4, 0.5) is 0 Å². The van der Waals surface area contributed by atoms with Crippen LogP contribution in [0.3, 0.4) is 0 Å². The summed E-state index contributed by atoms with van der Waals surface area (Å²) in [5.41, 5.74) is 2.98. The molecule has 2 radical (unpaired) electrons. The number of nitrogens with zero attached hydrogens (tertiary/aromatic N) is 1. The summed E-state index contributed by atoms with van der Waals surface area (Å²) >= 11 is 0. The number of rotatable bonds is 1. The van der Waals surface area contributed by atoms with Gasteiger partial charge >= 0.3 is 0 Å². The Morgan fingerprint density at radius 1 is 1.00 bits per heavy atom. The van der Waals surface area contributed by atoms with Crippen molar-refractivity contribution >= 4 is 13.3 Å². The SMILES string of the molecule is [B]c1cccc(-c2cccnc2)c1. The molecular formula is C11H8BN. The highest BCUT2D eigenvalue weighted by Crippen LogP contribution is 2.15. The second-order valence-corrected chi connectivity index (χ2v) is 2.87. The zero-order valence-electron chi connectivity index (χ0n) is 7.14. The molecule has 0 saturated heterocycles. The second kappa shape index (κ2) is 3.44. The highest BCUT2D eigenvalue weighted by molar-refractivity contribution is 6.32. The first-order chi connectivity index (χ1) is 6.36. The molecule has 13 heavy (non-hydrogen) atoms. The van der Waals surface area contributed by atoms with E-state index in [4.69, 9.17) is 7.85 Å². The largest absolute Gasteiger partial charge is 0.264 e. The summed E-state index contributed by atoms with van der Waals surface area (Å²) in [5, 5.41) is 0. The molecule has 1 aromatic heterocycles. The fourth-order valence-corrected chi connectivity index (χ4v) is 1.25. The van der Waals surface area contributed by atoms with Crippen LogP contribution in [0.2, 0.25) is 0 Å². The smallest absolute Gasteiger partial charge is 0.113 e. The van der Waals surface area contributed by atoms with Gasteiger partial charge in [0, 0.05) is 12.4 Å². The van der Waals surface area contributed by atoms with E-state index in [1.54, 1.807) is 6.20 Å². The Kier molecular flexibility index (Phi) is 2.13. The van der Waals surface area contributed by atoms with Crippen molar-refractivity contribution in [1.29, 1.82) is 0 Å². The fourth-order valence-electron chi connectivity index (χ4n) is 1.25. The van der Waals surface area contributed by atoms with Crippen LogP contribution in [-0.2, 0) is 0 Å². The molecule has 0 amide bonds. The predicted molar refractivity (Wildman–Crippen MR) is 55.1 cm³/mol. The minimum absolute atomic E-state index is 0.779. The Bertz CT molecular complexity index is 398. The third-order valence-electron chi connectivity index (χ3n) is 1.88. The lowest BCUT2D eigenvalue weighted by atomic mass is 9.93. The van der Waals surface area contributed by atoms with Crippen molar-refractivity contribution in [2.24, 2.45) is 0 Å². The Morgan fingerprint density at radius 2 is 1.85 bits per heavy atom. The van der Waals surface area contributed by atoms with E-state index in [1.807, 2.05) is 42.6 Å². The van der Waals surface area contributed by atoms with Gasteiger partial charge in [0.25, 0.3) is 0 Å². The molecule has 1 aromatic carbocycles. The second-order valence-electron chi connectivity index (χ2n) is 2.87. The molecule has 2 rings (SSSR count). The molecule has 1 nitrogen and oxygen atoms in total. The maximum atomic E-state index is 5.68. The lowest BCUT2D eigenvalue weighted by Gasteiger charge is -2.01. The first kappa shape index (κ1) is 8.05. The average Bonchev–Trinajstić information content (AvgIpc) is 2.19. The highest BCUT2D eigenvalue weighted by Gasteiger charge is 1.95. The van der Waals surface area contributed by atoms with Gasteiger partial charge in [0.15, 0.2) is 0 Å². The van der Waals surface area contributed by atoms with Crippen LogP contribution >= 0.6 is 0 Å². The van der Waals surface area contributed by atoms with E-state index in [1.165, 1.54) is 0 Å². The molecule has 0 atom stereocenters. The summed E-state index contributed by atoms with van der Waals surface area (Å²) in [6, 6.07) is 11.7. The Labute approximate surface area is 78.9 Å². The summed E-state index contributed by atoms with van der Waals surface area (Å²) in [5.74, 6) is 0. The molecule has 2 aromatic rings. The van der Waals surface area contributed by atoms with Crippen LogP contribution in [-0.4, -0.2) is 12.8 Å². The Balaban J connectivity index is 2.48. The van der Waals surface area contributed by atoms with E-state index in [0.29, 0.717) is 0 Å². The monoisotopic (exact) mass is 165 g/mol. The third-order valence-corrected chi connectivity index (χ3v) is 1.88. The van der Waals surface area contributed by atoms with Crippen molar-refractivity contribution < 1.29 is 0 Å². The normalized spacial score (nSPS) is 9.85. The minimum Gasteiger partial charge on any atom is -0.264 e. The molecule has 60 valence electrons. The molecule has 2 heteroatoms.